The van der Waals surface area contributed by atoms with Crippen LogP contribution >= 0.6 is 12.4 Å². The Kier molecular flexibility index (Phi) is 6.58. The van der Waals surface area contributed by atoms with Gasteiger partial charge in [0, 0.05) is 47.8 Å². The van der Waals surface area contributed by atoms with E-state index < -0.39 is 5.69 Å². The van der Waals surface area contributed by atoms with Crippen LogP contribution in [-0.4, -0.2) is 37.0 Å². The fourth-order valence-corrected chi connectivity index (χ4v) is 4.41. The zero-order chi connectivity index (χ0) is 23.1. The van der Waals surface area contributed by atoms with Gasteiger partial charge in [0.2, 0.25) is 0 Å². The highest BCUT2D eigenvalue weighted by atomic mass is 35.5. The number of nitrogens with zero attached hydrogens (tertiary/aromatic N) is 4. The van der Waals surface area contributed by atoms with Crippen molar-refractivity contribution in [1.82, 2.24) is 29.2 Å². The Hall–Kier alpha value is -3.43. The van der Waals surface area contributed by atoms with Crippen LogP contribution in [0.3, 0.4) is 0 Å². The number of halogens is 3. The number of benzene rings is 2. The van der Waals surface area contributed by atoms with Gasteiger partial charge in [0.05, 0.1) is 11.2 Å². The van der Waals surface area contributed by atoms with Gasteiger partial charge in [-0.25, -0.2) is 23.2 Å². The first-order chi connectivity index (χ1) is 16.0. The summed E-state index contributed by atoms with van der Waals surface area (Å²) in [7, 11) is 1.85. The van der Waals surface area contributed by atoms with Gasteiger partial charge in [0.25, 0.3) is 0 Å². The van der Waals surface area contributed by atoms with Crippen molar-refractivity contribution >= 4 is 34.2 Å². The predicted molar refractivity (Wildman–Crippen MR) is 132 cm³/mol. The summed E-state index contributed by atoms with van der Waals surface area (Å²) < 4.78 is 33.6. The zero-order valence-electron chi connectivity index (χ0n) is 18.8. The molecule has 0 aliphatic carbocycles. The Balaban J connectivity index is 0.00000274. The summed E-state index contributed by atoms with van der Waals surface area (Å²) in [6.45, 7) is 4.50. The lowest BCUT2D eigenvalue weighted by Gasteiger charge is -2.05. The first kappa shape index (κ1) is 23.7. The van der Waals surface area contributed by atoms with Crippen LogP contribution in [0, 0.1) is 11.6 Å². The number of rotatable bonds is 7. The molecule has 0 atom stereocenters. The van der Waals surface area contributed by atoms with Gasteiger partial charge < -0.3 is 14.5 Å². The Morgan fingerprint density at radius 2 is 1.74 bits per heavy atom. The summed E-state index contributed by atoms with van der Waals surface area (Å²) in [5.41, 5.74) is 2.32. The van der Waals surface area contributed by atoms with Crippen LogP contribution in [0.15, 0.2) is 53.6 Å². The average Bonchev–Trinajstić information content (AvgIpc) is 3.44. The van der Waals surface area contributed by atoms with Crippen molar-refractivity contribution in [2.45, 2.75) is 19.9 Å². The minimum atomic E-state index is -0.450. The SMILES string of the molecule is CCNCCCn1cc(-n2c(-c3cn(C)c4ccc(F)cc34)n[nH]c2=O)c2cc(F)ccc21.Cl. The molecular formula is C24H25ClF2N6O. The van der Waals surface area contributed by atoms with Gasteiger partial charge >= 0.3 is 5.69 Å². The van der Waals surface area contributed by atoms with E-state index in [1.54, 1.807) is 12.1 Å². The monoisotopic (exact) mass is 486 g/mol. The van der Waals surface area contributed by atoms with Crippen molar-refractivity contribution < 1.29 is 8.78 Å². The molecule has 0 amide bonds. The molecule has 0 aliphatic heterocycles. The number of nitrogens with one attached hydrogen (secondary N) is 2. The van der Waals surface area contributed by atoms with Gasteiger partial charge in [-0.05, 0) is 55.9 Å². The fraction of sp³-hybridized carbons (Fsp3) is 0.250. The fourth-order valence-electron chi connectivity index (χ4n) is 4.41. The summed E-state index contributed by atoms with van der Waals surface area (Å²) in [5, 5.41) is 11.3. The van der Waals surface area contributed by atoms with E-state index in [0.29, 0.717) is 34.4 Å². The third-order valence-electron chi connectivity index (χ3n) is 5.93. The number of hydrogen-bond donors (Lipinski definition) is 2. The molecule has 2 aromatic carbocycles. The van der Waals surface area contributed by atoms with Gasteiger partial charge in [0.1, 0.15) is 11.6 Å². The van der Waals surface area contributed by atoms with Gasteiger partial charge in [-0.3, -0.25) is 0 Å². The number of H-pyrrole nitrogens is 1. The lowest BCUT2D eigenvalue weighted by molar-refractivity contribution is 0.602. The highest BCUT2D eigenvalue weighted by molar-refractivity contribution is 5.96. The van der Waals surface area contributed by atoms with Crippen molar-refractivity contribution in [3.05, 3.63) is 70.9 Å². The molecule has 7 nitrogen and oxygen atoms in total. The Bertz CT molecular complexity index is 1530. The largest absolute Gasteiger partial charge is 0.350 e. The molecule has 0 unspecified atom stereocenters. The Labute approximate surface area is 200 Å². The minimum absolute atomic E-state index is 0. The summed E-state index contributed by atoms with van der Waals surface area (Å²) in [5.74, 6) is -0.426. The molecule has 0 spiro atoms. The van der Waals surface area contributed by atoms with Crippen molar-refractivity contribution in [2.24, 2.45) is 7.05 Å². The Morgan fingerprint density at radius 1 is 1.03 bits per heavy atom. The maximum atomic E-state index is 14.2. The van der Waals surface area contributed by atoms with E-state index in [-0.39, 0.29) is 24.0 Å². The topological polar surface area (TPSA) is 72.6 Å². The number of aryl methyl sites for hydroxylation is 2. The van der Waals surface area contributed by atoms with Gasteiger partial charge in [-0.1, -0.05) is 6.92 Å². The number of aromatic amines is 1. The summed E-state index contributed by atoms with van der Waals surface area (Å²) in [6.07, 6.45) is 4.54. The van der Waals surface area contributed by atoms with Crippen LogP contribution < -0.4 is 11.0 Å². The van der Waals surface area contributed by atoms with E-state index in [1.807, 2.05) is 28.6 Å². The lowest BCUT2D eigenvalue weighted by Crippen LogP contribution is -2.16. The average molecular weight is 487 g/mol. The highest BCUT2D eigenvalue weighted by Gasteiger charge is 2.21. The third-order valence-corrected chi connectivity index (χ3v) is 5.93. The molecule has 2 N–H and O–H groups in total. The zero-order valence-corrected chi connectivity index (χ0v) is 19.6. The van der Waals surface area contributed by atoms with Crippen LogP contribution in [0.2, 0.25) is 0 Å². The quantitative estimate of drug-likeness (QED) is 0.335. The molecule has 0 bridgehead atoms. The second-order valence-corrected chi connectivity index (χ2v) is 8.08. The molecule has 0 saturated heterocycles. The van der Waals surface area contributed by atoms with Crippen LogP contribution in [-0.2, 0) is 13.6 Å². The smallest absolute Gasteiger partial charge is 0.348 e. The molecule has 0 aliphatic rings. The molecule has 178 valence electrons. The van der Waals surface area contributed by atoms with Crippen molar-refractivity contribution in [3.8, 4) is 17.1 Å². The normalized spacial score (nSPS) is 11.4. The van der Waals surface area contributed by atoms with Crippen LogP contribution in [0.4, 0.5) is 8.78 Å². The van der Waals surface area contributed by atoms with E-state index in [9.17, 15) is 13.6 Å². The van der Waals surface area contributed by atoms with Crippen LogP contribution in [0.25, 0.3) is 38.9 Å². The van der Waals surface area contributed by atoms with Crippen LogP contribution in [0.5, 0.6) is 0 Å². The summed E-state index contributed by atoms with van der Waals surface area (Å²) in [4.78, 5) is 12.9. The maximum absolute atomic E-state index is 14.2. The second-order valence-electron chi connectivity index (χ2n) is 8.08. The Morgan fingerprint density at radius 3 is 2.47 bits per heavy atom. The van der Waals surface area contributed by atoms with E-state index in [1.165, 1.54) is 28.8 Å². The molecule has 0 radical (unpaired) electrons. The van der Waals surface area contributed by atoms with E-state index >= 15 is 0 Å². The van der Waals surface area contributed by atoms with Crippen molar-refractivity contribution in [1.29, 1.82) is 0 Å². The van der Waals surface area contributed by atoms with E-state index in [4.69, 9.17) is 0 Å². The molecule has 34 heavy (non-hydrogen) atoms. The molecule has 3 heterocycles. The highest BCUT2D eigenvalue weighted by Crippen LogP contribution is 2.32. The molecule has 10 heteroatoms. The minimum Gasteiger partial charge on any atom is -0.350 e. The van der Waals surface area contributed by atoms with Gasteiger partial charge in [-0.15, -0.1) is 12.4 Å². The molecule has 0 fully saturated rings. The van der Waals surface area contributed by atoms with E-state index in [2.05, 4.69) is 22.4 Å². The summed E-state index contributed by atoms with van der Waals surface area (Å²) in [6, 6.07) is 9.08. The standard InChI is InChI=1S/C24H24F2N6O.ClH/c1-3-27-9-4-10-31-14-22(18-12-16(26)6-8-21(18)31)32-23(28-29-24(32)33)19-13-30(2)20-7-5-15(25)11-17(19)20;/h5-8,11-14,27H,3-4,9-10H2,1-2H3,(H,29,33);1H. The number of aromatic nitrogens is 5. The van der Waals surface area contributed by atoms with Gasteiger partial charge in [-0.2, -0.15) is 5.10 Å². The molecule has 0 saturated carbocycles. The van der Waals surface area contributed by atoms with Gasteiger partial charge in [0.15, 0.2) is 5.82 Å². The maximum Gasteiger partial charge on any atom is 0.348 e. The van der Waals surface area contributed by atoms with E-state index in [0.717, 1.165) is 30.5 Å². The summed E-state index contributed by atoms with van der Waals surface area (Å²) >= 11 is 0. The molecule has 3 aromatic heterocycles. The third kappa shape index (κ3) is 4.01. The first-order valence-corrected chi connectivity index (χ1v) is 10.9. The molecular weight excluding hydrogens is 462 g/mol. The second kappa shape index (κ2) is 9.44. The van der Waals surface area contributed by atoms with Crippen LogP contribution in [0.1, 0.15) is 13.3 Å². The molecule has 5 rings (SSSR count). The molecule has 5 aromatic rings. The predicted octanol–water partition coefficient (Wildman–Crippen LogP) is 4.37. The number of fused-ring (bicyclic) bond motifs is 2. The first-order valence-electron chi connectivity index (χ1n) is 10.9. The lowest BCUT2D eigenvalue weighted by atomic mass is 10.1. The number of hydrogen-bond acceptors (Lipinski definition) is 3. The van der Waals surface area contributed by atoms with Crippen molar-refractivity contribution in [3.63, 3.8) is 0 Å². The van der Waals surface area contributed by atoms with Crippen molar-refractivity contribution in [2.75, 3.05) is 13.1 Å².